The van der Waals surface area contributed by atoms with E-state index in [1.54, 1.807) is 12.1 Å². The summed E-state index contributed by atoms with van der Waals surface area (Å²) < 4.78 is 19.5. The van der Waals surface area contributed by atoms with Crippen LogP contribution in [-0.4, -0.2) is 32.1 Å². The average Bonchev–Trinajstić information content (AvgIpc) is 3.09. The van der Waals surface area contributed by atoms with E-state index in [9.17, 15) is 14.0 Å². The first-order chi connectivity index (χ1) is 12.5. The van der Waals surface area contributed by atoms with Gasteiger partial charge in [0.15, 0.2) is 5.82 Å². The molecule has 0 radical (unpaired) electrons. The number of rotatable bonds is 5. The number of carbonyl (C=O) groups excluding carboxylic acids is 2. The summed E-state index contributed by atoms with van der Waals surface area (Å²) in [4.78, 5) is 23.6. The zero-order valence-corrected chi connectivity index (χ0v) is 13.7. The third kappa shape index (κ3) is 3.89. The maximum atomic E-state index is 13.0. The molecule has 3 rings (SSSR count). The number of ether oxygens (including phenoxy) is 1. The topological polar surface area (TPSA) is 99.0 Å². The highest BCUT2D eigenvalue weighted by Crippen LogP contribution is 2.18. The minimum Gasteiger partial charge on any atom is -0.426 e. The Kier molecular flexibility index (Phi) is 4.97. The van der Waals surface area contributed by atoms with Crippen molar-refractivity contribution in [2.75, 3.05) is 0 Å². The molecule has 2 aromatic carbocycles. The van der Waals surface area contributed by atoms with Gasteiger partial charge in [0.1, 0.15) is 11.6 Å². The third-order valence-corrected chi connectivity index (χ3v) is 3.40. The van der Waals surface area contributed by atoms with E-state index in [2.05, 4.69) is 20.8 Å². The van der Waals surface area contributed by atoms with E-state index in [1.807, 2.05) is 0 Å². The number of carbonyl (C=O) groups is 2. The molecular weight excluding hydrogens is 341 g/mol. The molecule has 1 N–H and O–H groups in total. The summed E-state index contributed by atoms with van der Waals surface area (Å²) in [7, 11) is 0. The van der Waals surface area contributed by atoms with Gasteiger partial charge in [0.2, 0.25) is 0 Å². The maximum Gasteiger partial charge on any atom is 0.308 e. The van der Waals surface area contributed by atoms with Gasteiger partial charge in [-0.3, -0.25) is 9.59 Å². The number of benzene rings is 2. The molecule has 1 amide bonds. The Morgan fingerprint density at radius 2 is 1.88 bits per heavy atom. The van der Waals surface area contributed by atoms with Crippen molar-refractivity contribution in [3.05, 3.63) is 65.7 Å². The van der Waals surface area contributed by atoms with Gasteiger partial charge in [-0.25, -0.2) is 4.39 Å². The highest BCUT2D eigenvalue weighted by Gasteiger charge is 2.15. The summed E-state index contributed by atoms with van der Waals surface area (Å²) in [6.07, 6.45) is 0. The number of hydrogen-bond donors (Lipinski definition) is 1. The normalized spacial score (nSPS) is 10.4. The van der Waals surface area contributed by atoms with Gasteiger partial charge < -0.3 is 10.1 Å². The standard InChI is InChI=1S/C17H14FN5O3/c1-11(24)26-15-5-3-2-4-14(15)17(25)19-10-16-20-21-22-23(16)13-8-6-12(18)7-9-13/h2-9H,10H2,1H3,(H,19,25). The molecule has 0 atom stereocenters. The molecule has 1 aromatic heterocycles. The van der Waals surface area contributed by atoms with Crippen LogP contribution in [0.3, 0.4) is 0 Å². The Hall–Kier alpha value is -3.62. The summed E-state index contributed by atoms with van der Waals surface area (Å²) in [5, 5.41) is 13.9. The Labute approximate surface area is 147 Å². The van der Waals surface area contributed by atoms with E-state index in [-0.39, 0.29) is 23.7 Å². The largest absolute Gasteiger partial charge is 0.426 e. The lowest BCUT2D eigenvalue weighted by Gasteiger charge is -2.09. The zero-order chi connectivity index (χ0) is 18.5. The van der Waals surface area contributed by atoms with Crippen LogP contribution in [0.5, 0.6) is 5.75 Å². The Morgan fingerprint density at radius 1 is 1.15 bits per heavy atom. The predicted octanol–water partition coefficient (Wildman–Crippen LogP) is 1.66. The van der Waals surface area contributed by atoms with Crippen molar-refractivity contribution in [1.82, 2.24) is 25.5 Å². The van der Waals surface area contributed by atoms with E-state index in [0.29, 0.717) is 11.5 Å². The van der Waals surface area contributed by atoms with Crippen molar-refractivity contribution in [2.24, 2.45) is 0 Å². The first kappa shape index (κ1) is 17.2. The SMILES string of the molecule is CC(=O)Oc1ccccc1C(=O)NCc1nnnn1-c1ccc(F)cc1. The van der Waals surface area contributed by atoms with E-state index in [1.165, 1.54) is 48.0 Å². The summed E-state index contributed by atoms with van der Waals surface area (Å²) in [6, 6.07) is 12.0. The Balaban J connectivity index is 1.75. The molecule has 0 saturated heterocycles. The number of amides is 1. The predicted molar refractivity (Wildman–Crippen MR) is 88.0 cm³/mol. The number of esters is 1. The molecule has 0 bridgehead atoms. The fourth-order valence-electron chi connectivity index (χ4n) is 2.25. The minimum absolute atomic E-state index is 0.0254. The van der Waals surface area contributed by atoms with E-state index >= 15 is 0 Å². The number of halogens is 1. The molecule has 0 aliphatic carbocycles. The fraction of sp³-hybridized carbons (Fsp3) is 0.118. The molecule has 0 spiro atoms. The lowest BCUT2D eigenvalue weighted by atomic mass is 10.2. The van der Waals surface area contributed by atoms with Gasteiger partial charge in [0.25, 0.3) is 5.91 Å². The third-order valence-electron chi connectivity index (χ3n) is 3.40. The molecule has 8 nitrogen and oxygen atoms in total. The summed E-state index contributed by atoms with van der Waals surface area (Å²) in [5.41, 5.74) is 0.768. The number of nitrogens with zero attached hydrogens (tertiary/aromatic N) is 4. The second kappa shape index (κ2) is 7.51. The highest BCUT2D eigenvalue weighted by molar-refractivity contribution is 5.97. The second-order valence-electron chi connectivity index (χ2n) is 5.26. The van der Waals surface area contributed by atoms with Crippen LogP contribution >= 0.6 is 0 Å². The van der Waals surface area contributed by atoms with Crippen molar-refractivity contribution in [1.29, 1.82) is 0 Å². The molecule has 0 aliphatic rings. The van der Waals surface area contributed by atoms with Gasteiger partial charge in [0.05, 0.1) is 17.8 Å². The first-order valence-corrected chi connectivity index (χ1v) is 7.63. The van der Waals surface area contributed by atoms with E-state index in [0.717, 1.165) is 0 Å². The van der Waals surface area contributed by atoms with Gasteiger partial charge >= 0.3 is 5.97 Å². The summed E-state index contributed by atoms with van der Waals surface area (Å²) >= 11 is 0. The molecule has 3 aromatic rings. The van der Waals surface area contributed by atoms with Gasteiger partial charge in [-0.15, -0.1) is 5.10 Å². The van der Waals surface area contributed by atoms with Gasteiger partial charge in [0, 0.05) is 6.92 Å². The first-order valence-electron chi connectivity index (χ1n) is 7.63. The van der Waals surface area contributed by atoms with E-state index in [4.69, 9.17) is 4.74 Å². The van der Waals surface area contributed by atoms with Crippen molar-refractivity contribution >= 4 is 11.9 Å². The van der Waals surface area contributed by atoms with Crippen LogP contribution in [0.25, 0.3) is 5.69 Å². The van der Waals surface area contributed by atoms with Crippen molar-refractivity contribution < 1.29 is 18.7 Å². The van der Waals surface area contributed by atoms with Crippen LogP contribution in [0.15, 0.2) is 48.5 Å². The minimum atomic E-state index is -0.523. The van der Waals surface area contributed by atoms with Crippen LogP contribution in [0.1, 0.15) is 23.1 Å². The molecule has 1 heterocycles. The maximum absolute atomic E-state index is 13.0. The van der Waals surface area contributed by atoms with Crippen LogP contribution < -0.4 is 10.1 Å². The lowest BCUT2D eigenvalue weighted by Crippen LogP contribution is -2.25. The zero-order valence-electron chi connectivity index (χ0n) is 13.7. The number of aromatic nitrogens is 4. The second-order valence-corrected chi connectivity index (χ2v) is 5.26. The number of tetrazole rings is 1. The summed E-state index contributed by atoms with van der Waals surface area (Å²) in [5.74, 6) is -0.828. The Morgan fingerprint density at radius 3 is 2.62 bits per heavy atom. The molecule has 0 fully saturated rings. The van der Waals surface area contributed by atoms with Crippen LogP contribution in [0.4, 0.5) is 4.39 Å². The highest BCUT2D eigenvalue weighted by atomic mass is 19.1. The fourth-order valence-corrected chi connectivity index (χ4v) is 2.25. The van der Waals surface area contributed by atoms with E-state index < -0.39 is 11.9 Å². The van der Waals surface area contributed by atoms with Crippen molar-refractivity contribution in [2.45, 2.75) is 13.5 Å². The lowest BCUT2D eigenvalue weighted by molar-refractivity contribution is -0.131. The summed E-state index contributed by atoms with van der Waals surface area (Å²) in [6.45, 7) is 1.28. The quantitative estimate of drug-likeness (QED) is 0.552. The Bertz CT molecular complexity index is 940. The number of para-hydroxylation sites is 1. The average molecular weight is 355 g/mol. The van der Waals surface area contributed by atoms with Crippen molar-refractivity contribution in [3.8, 4) is 11.4 Å². The molecule has 0 unspecified atom stereocenters. The molecule has 132 valence electrons. The van der Waals surface area contributed by atoms with Crippen LogP contribution in [0.2, 0.25) is 0 Å². The van der Waals surface area contributed by atoms with Gasteiger partial charge in [-0.2, -0.15) is 4.68 Å². The van der Waals surface area contributed by atoms with Crippen molar-refractivity contribution in [3.63, 3.8) is 0 Å². The number of hydrogen-bond acceptors (Lipinski definition) is 6. The van der Waals surface area contributed by atoms with Gasteiger partial charge in [-0.05, 0) is 46.8 Å². The molecule has 0 saturated carbocycles. The molecule has 26 heavy (non-hydrogen) atoms. The van der Waals surface area contributed by atoms with Crippen LogP contribution in [0, 0.1) is 5.82 Å². The van der Waals surface area contributed by atoms with Gasteiger partial charge in [-0.1, -0.05) is 12.1 Å². The smallest absolute Gasteiger partial charge is 0.308 e. The van der Waals surface area contributed by atoms with Crippen LogP contribution in [-0.2, 0) is 11.3 Å². The molecule has 0 aliphatic heterocycles. The monoisotopic (exact) mass is 355 g/mol. The molecular formula is C17H14FN5O3. The number of nitrogens with one attached hydrogen (secondary N) is 1. The molecule has 9 heteroatoms.